The van der Waals surface area contributed by atoms with Gasteiger partial charge < -0.3 is 19.4 Å². The van der Waals surface area contributed by atoms with Crippen LogP contribution in [0.2, 0.25) is 0 Å². The molecule has 1 aromatic carbocycles. The summed E-state index contributed by atoms with van der Waals surface area (Å²) < 4.78 is 11.0. The Hall–Kier alpha value is -2.87. The zero-order chi connectivity index (χ0) is 17.1. The van der Waals surface area contributed by atoms with Crippen LogP contribution < -0.4 is 10.2 Å². The van der Waals surface area contributed by atoms with Crippen molar-refractivity contribution in [1.29, 1.82) is 0 Å². The van der Waals surface area contributed by atoms with E-state index >= 15 is 0 Å². The third kappa shape index (κ3) is 3.09. The van der Waals surface area contributed by atoms with Crippen molar-refractivity contribution in [2.24, 2.45) is 0 Å². The maximum absolute atomic E-state index is 11.7. The predicted molar refractivity (Wildman–Crippen MR) is 86.1 cm³/mol. The van der Waals surface area contributed by atoms with Gasteiger partial charge in [0.05, 0.1) is 24.3 Å². The Kier molecular flexibility index (Phi) is 4.48. The van der Waals surface area contributed by atoms with Gasteiger partial charge >= 0.3 is 0 Å². The summed E-state index contributed by atoms with van der Waals surface area (Å²) in [6, 6.07) is 8.08. The number of furan rings is 1. The van der Waals surface area contributed by atoms with Gasteiger partial charge in [0, 0.05) is 25.2 Å². The van der Waals surface area contributed by atoms with E-state index in [0.717, 1.165) is 0 Å². The fourth-order valence-electron chi connectivity index (χ4n) is 2.74. The maximum Gasteiger partial charge on any atom is 0.293 e. The standard InChI is InChI=1S/C16H17N3O5/c1-17-16(20)11-4-5-12(13(9-11)19(21)22)18-6-8-24-15(10-18)14-3-2-7-23-14/h2-5,7,9,15H,6,8,10H2,1H3,(H,17,20). The van der Waals surface area contributed by atoms with Crippen LogP contribution in [0.4, 0.5) is 11.4 Å². The van der Waals surface area contributed by atoms with Crippen molar-refractivity contribution < 1.29 is 18.9 Å². The van der Waals surface area contributed by atoms with Gasteiger partial charge in [0.25, 0.3) is 11.6 Å². The fourth-order valence-corrected chi connectivity index (χ4v) is 2.74. The highest BCUT2D eigenvalue weighted by Gasteiger charge is 2.28. The molecule has 0 bridgehead atoms. The summed E-state index contributed by atoms with van der Waals surface area (Å²) in [6.45, 7) is 1.39. The van der Waals surface area contributed by atoms with E-state index in [9.17, 15) is 14.9 Å². The molecule has 1 aliphatic rings. The molecule has 2 aromatic rings. The van der Waals surface area contributed by atoms with E-state index in [4.69, 9.17) is 9.15 Å². The Balaban J connectivity index is 1.90. The number of morpholine rings is 1. The Morgan fingerprint density at radius 2 is 2.25 bits per heavy atom. The number of nitro groups is 1. The van der Waals surface area contributed by atoms with Crippen LogP contribution >= 0.6 is 0 Å². The molecule has 0 spiro atoms. The number of rotatable bonds is 4. The van der Waals surface area contributed by atoms with Crippen molar-refractivity contribution in [3.63, 3.8) is 0 Å². The van der Waals surface area contributed by atoms with Gasteiger partial charge in [0.1, 0.15) is 17.6 Å². The first kappa shape index (κ1) is 16.0. The summed E-state index contributed by atoms with van der Waals surface area (Å²) in [6.07, 6.45) is 1.28. The Morgan fingerprint density at radius 1 is 1.42 bits per heavy atom. The lowest BCUT2D eigenvalue weighted by atomic mass is 10.1. The topological polar surface area (TPSA) is 97.9 Å². The number of hydrogen-bond acceptors (Lipinski definition) is 6. The zero-order valence-electron chi connectivity index (χ0n) is 13.1. The second kappa shape index (κ2) is 6.71. The van der Waals surface area contributed by atoms with Gasteiger partial charge in [-0.3, -0.25) is 14.9 Å². The largest absolute Gasteiger partial charge is 0.467 e. The molecule has 0 radical (unpaired) electrons. The lowest BCUT2D eigenvalue weighted by molar-refractivity contribution is -0.384. The molecule has 1 fully saturated rings. The lowest BCUT2D eigenvalue weighted by Gasteiger charge is -2.33. The molecule has 8 nitrogen and oxygen atoms in total. The number of anilines is 1. The van der Waals surface area contributed by atoms with Gasteiger partial charge in [-0.1, -0.05) is 0 Å². The van der Waals surface area contributed by atoms with E-state index < -0.39 is 4.92 Å². The summed E-state index contributed by atoms with van der Waals surface area (Å²) in [4.78, 5) is 24.5. The molecule has 1 unspecified atom stereocenters. The average Bonchev–Trinajstić information content (AvgIpc) is 3.15. The first-order chi connectivity index (χ1) is 11.6. The maximum atomic E-state index is 11.7. The van der Waals surface area contributed by atoms with Crippen molar-refractivity contribution in [2.45, 2.75) is 6.10 Å². The first-order valence-electron chi connectivity index (χ1n) is 7.50. The van der Waals surface area contributed by atoms with E-state index in [-0.39, 0.29) is 23.3 Å². The number of benzene rings is 1. The minimum absolute atomic E-state index is 0.101. The molecule has 24 heavy (non-hydrogen) atoms. The molecule has 126 valence electrons. The smallest absolute Gasteiger partial charge is 0.293 e. The summed E-state index contributed by atoms with van der Waals surface area (Å²) in [5, 5.41) is 13.9. The van der Waals surface area contributed by atoms with Crippen molar-refractivity contribution in [2.75, 3.05) is 31.6 Å². The van der Waals surface area contributed by atoms with Crippen LogP contribution in [-0.2, 0) is 4.74 Å². The third-order valence-electron chi connectivity index (χ3n) is 3.93. The number of nitrogens with one attached hydrogen (secondary N) is 1. The molecule has 1 amide bonds. The molecular formula is C16H17N3O5. The lowest BCUT2D eigenvalue weighted by Crippen LogP contribution is -2.38. The van der Waals surface area contributed by atoms with Crippen LogP contribution in [0.15, 0.2) is 41.0 Å². The number of amides is 1. The van der Waals surface area contributed by atoms with Gasteiger partial charge in [-0.2, -0.15) is 0 Å². The van der Waals surface area contributed by atoms with Gasteiger partial charge in [-0.25, -0.2) is 0 Å². The monoisotopic (exact) mass is 331 g/mol. The number of nitrogens with zero attached hydrogens (tertiary/aromatic N) is 2. The van der Waals surface area contributed by atoms with E-state index in [1.54, 1.807) is 24.5 Å². The number of nitro benzene ring substituents is 1. The average molecular weight is 331 g/mol. The summed E-state index contributed by atoms with van der Waals surface area (Å²) in [5.74, 6) is 0.324. The van der Waals surface area contributed by atoms with Gasteiger partial charge in [-0.15, -0.1) is 0 Å². The number of ether oxygens (including phenoxy) is 1. The van der Waals surface area contributed by atoms with Crippen LogP contribution in [0.5, 0.6) is 0 Å². The number of hydrogen-bond donors (Lipinski definition) is 1. The van der Waals surface area contributed by atoms with Gasteiger partial charge in [-0.05, 0) is 24.3 Å². The third-order valence-corrected chi connectivity index (χ3v) is 3.93. The molecule has 0 saturated carbocycles. The fraction of sp³-hybridized carbons (Fsp3) is 0.312. The minimum Gasteiger partial charge on any atom is -0.467 e. The Bertz CT molecular complexity index is 744. The van der Waals surface area contributed by atoms with E-state index in [0.29, 0.717) is 31.1 Å². The van der Waals surface area contributed by atoms with Crippen LogP contribution in [-0.4, -0.2) is 37.6 Å². The van der Waals surface area contributed by atoms with E-state index in [2.05, 4.69) is 5.32 Å². The molecule has 3 rings (SSSR count). The second-order valence-corrected chi connectivity index (χ2v) is 5.36. The molecule has 8 heteroatoms. The van der Waals surface area contributed by atoms with Crippen molar-refractivity contribution in [3.05, 3.63) is 58.0 Å². The molecule has 0 aliphatic carbocycles. The highest BCUT2D eigenvalue weighted by Crippen LogP contribution is 2.33. The van der Waals surface area contributed by atoms with Crippen LogP contribution in [0.1, 0.15) is 22.2 Å². The van der Waals surface area contributed by atoms with Gasteiger partial charge in [0.2, 0.25) is 0 Å². The number of carbonyl (C=O) groups is 1. The molecular weight excluding hydrogens is 314 g/mol. The highest BCUT2D eigenvalue weighted by atomic mass is 16.6. The second-order valence-electron chi connectivity index (χ2n) is 5.36. The first-order valence-corrected chi connectivity index (χ1v) is 7.50. The Morgan fingerprint density at radius 3 is 2.92 bits per heavy atom. The Labute approximate surface area is 138 Å². The van der Waals surface area contributed by atoms with Crippen LogP contribution in [0.25, 0.3) is 0 Å². The summed E-state index contributed by atoms with van der Waals surface area (Å²) >= 11 is 0. The molecule has 1 aliphatic heterocycles. The van der Waals surface area contributed by atoms with Crippen LogP contribution in [0.3, 0.4) is 0 Å². The van der Waals surface area contributed by atoms with Gasteiger partial charge in [0.15, 0.2) is 0 Å². The molecule has 1 aromatic heterocycles. The quantitative estimate of drug-likeness (QED) is 0.681. The predicted octanol–water partition coefficient (Wildman–Crippen LogP) is 2.13. The molecule has 1 atom stereocenters. The highest BCUT2D eigenvalue weighted by molar-refractivity contribution is 5.95. The minimum atomic E-state index is -0.473. The molecule has 1 saturated heterocycles. The van der Waals surface area contributed by atoms with E-state index in [1.807, 2.05) is 11.0 Å². The van der Waals surface area contributed by atoms with Crippen molar-refractivity contribution in [1.82, 2.24) is 5.32 Å². The summed E-state index contributed by atoms with van der Waals surface area (Å²) in [7, 11) is 1.48. The molecule has 2 heterocycles. The SMILES string of the molecule is CNC(=O)c1ccc(N2CCOC(c3ccco3)C2)c([N+](=O)[O-])c1. The molecule has 1 N–H and O–H groups in total. The number of carbonyl (C=O) groups excluding carboxylic acids is 1. The van der Waals surface area contributed by atoms with E-state index in [1.165, 1.54) is 13.1 Å². The zero-order valence-corrected chi connectivity index (χ0v) is 13.1. The summed E-state index contributed by atoms with van der Waals surface area (Å²) in [5.41, 5.74) is 0.618. The van der Waals surface area contributed by atoms with Crippen molar-refractivity contribution in [3.8, 4) is 0 Å². The van der Waals surface area contributed by atoms with Crippen LogP contribution in [0, 0.1) is 10.1 Å². The normalized spacial score (nSPS) is 17.5. The van der Waals surface area contributed by atoms with Crippen molar-refractivity contribution >= 4 is 17.3 Å².